The average Bonchev–Trinajstić information content (AvgIpc) is 0.789. The van der Waals surface area contributed by atoms with Crippen molar-refractivity contribution in [2.24, 2.45) is 0 Å². The molecule has 0 heterocycles. The molecule has 0 spiro atoms. The largest absolute Gasteiger partial charge is 1.00 e. The molecule has 42 heteroatoms. The predicted octanol–water partition coefficient (Wildman–Crippen LogP) is 19.9. The molecule has 24 nitrogen and oxygen atoms in total. The van der Waals surface area contributed by atoms with Crippen LogP contribution in [-0.2, 0) is 45.6 Å². The number of hydrogen-bond donors (Lipinski definition) is 4. The molecule has 7 rings (SSSR count). The number of phenolic OH excluding ortho intramolecular Hbond substituents is 3. The Bertz CT molecular complexity index is 4340. The first kappa shape index (κ1) is 139. The van der Waals surface area contributed by atoms with Gasteiger partial charge in [0, 0.05) is 45.1 Å². The summed E-state index contributed by atoms with van der Waals surface area (Å²) in [5, 5.41) is 47.0. The van der Waals surface area contributed by atoms with Gasteiger partial charge in [-0.2, -0.15) is 30.7 Å². The number of carboxylic acids is 1. The van der Waals surface area contributed by atoms with E-state index >= 15 is 0 Å². The van der Waals surface area contributed by atoms with E-state index in [0.29, 0.717) is 31.7 Å². The van der Waals surface area contributed by atoms with Crippen LogP contribution in [0.5, 0.6) is 40.2 Å². The van der Waals surface area contributed by atoms with Gasteiger partial charge in [-0.05, 0) is 156 Å². The van der Waals surface area contributed by atoms with Crippen molar-refractivity contribution in [3.63, 3.8) is 0 Å². The molecule has 0 aromatic heterocycles. The van der Waals surface area contributed by atoms with Crippen LogP contribution >= 0.6 is 53.0 Å². The molecule has 0 unspecified atom stereocenters. The van der Waals surface area contributed by atoms with Crippen molar-refractivity contribution in [2.45, 2.75) is 120 Å². The summed E-state index contributed by atoms with van der Waals surface area (Å²) in [5.41, 5.74) is 1.42. The van der Waals surface area contributed by atoms with Crippen LogP contribution in [0.4, 0.5) is 74.1 Å². The Morgan fingerprint density at radius 2 is 0.658 bits per heavy atom. The maximum atomic E-state index is 13.6. The number of carbonyl (C=O) groups is 7. The Balaban J connectivity index is -0.0000000886. The van der Waals surface area contributed by atoms with Crippen molar-refractivity contribution in [2.75, 3.05) is 28.4 Å². The standard InChI is InChI=1S/C17H10F5NO3.C12H13NO3.C9H7NO3.C8F8O2.C8H7IO3.C8H8O3.C2H4O2.2CN.9CH4.ClI.Cu.Na/c1-7(2)25-10-5-4-8(6-9(10)23-3)17(24)26-16-14(21)12(19)11(18)13(20)15(16)22;1-8(2)16-11-6-5-9(12(14)15-4)7-10(11)13-3;1-10-7-5-6(9(12)13-2)3-4-8(7)11;9-1-2(10)4(12)6(5(13)3(1)11)18-7(17)8(14,15)16;1-12-8(11)5-2-3-7(10)6(9)4-5;1-11-8(10)6-2-4-7(9)5-3-6;1-2(3)4;2*1-2;;;;;;;;;;1-2;;/h4-7H,1-2H3;5-8H,1-2,4H3;3-5,11H,2H3;;2-4,10H,1H3;2-5,9H,1H3;1H3,(H,3,4);;;9*1H4;;;/q;;;;;;;2*-1;;;;;;;;;;;2*+1. The fourth-order valence-electron chi connectivity index (χ4n) is 6.26. The van der Waals surface area contributed by atoms with Crippen LogP contribution in [0.15, 0.2) is 97.1 Å². The Labute approximate surface area is 734 Å². The number of aliphatic carboxylic acids is 1. The van der Waals surface area contributed by atoms with Gasteiger partial charge >= 0.3 is 88.6 Å². The molecular formula is C75H85ClCuF13I2N5NaO19. The van der Waals surface area contributed by atoms with Gasteiger partial charge in [0.1, 0.15) is 28.7 Å². The number of benzene rings is 7. The number of hydrogen-bond acceptors (Lipinski definition) is 20. The Morgan fingerprint density at radius 3 is 0.932 bits per heavy atom. The summed E-state index contributed by atoms with van der Waals surface area (Å²) in [6.45, 7) is 38.5. The summed E-state index contributed by atoms with van der Waals surface area (Å²) in [5.74, 6) is -34.8. The molecule has 0 fully saturated rings. The first-order valence-corrected chi connectivity index (χ1v) is 30.9. The number of methoxy groups -OCH3 is 4. The molecule has 0 saturated heterocycles. The second-order valence-electron chi connectivity index (χ2n) is 18.5. The summed E-state index contributed by atoms with van der Waals surface area (Å²) >= 11 is 3.56. The van der Waals surface area contributed by atoms with Gasteiger partial charge in [0.25, 0.3) is 5.97 Å². The van der Waals surface area contributed by atoms with Crippen molar-refractivity contribution in [3.05, 3.63) is 234 Å². The van der Waals surface area contributed by atoms with E-state index in [1.54, 1.807) is 53.5 Å². The van der Waals surface area contributed by atoms with Crippen LogP contribution in [0.2, 0.25) is 0 Å². The minimum atomic E-state index is -5.65. The first-order chi connectivity index (χ1) is 49.6. The van der Waals surface area contributed by atoms with E-state index in [1.807, 2.05) is 36.4 Å². The molecule has 0 aliphatic heterocycles. The van der Waals surface area contributed by atoms with Gasteiger partial charge in [0.2, 0.25) is 86.7 Å². The normalized spacial score (nSPS) is 8.58. The third kappa shape index (κ3) is 46.8. The third-order valence-electron chi connectivity index (χ3n) is 10.7. The molecule has 0 bridgehead atoms. The smallest absolute Gasteiger partial charge is 0.519 e. The Kier molecular flexibility index (Phi) is 84.1. The van der Waals surface area contributed by atoms with Crippen molar-refractivity contribution in [1.82, 2.24) is 0 Å². The monoisotopic (exact) mass is 1980 g/mol. The topological polar surface area (TPSA) is 335 Å². The number of aromatic hydroxyl groups is 3. The number of nitrogens with zero attached hydrogens (tertiary/aromatic N) is 5. The number of esters is 6. The van der Waals surface area contributed by atoms with Gasteiger partial charge in [-0.15, -0.1) is 0 Å². The van der Waals surface area contributed by atoms with E-state index < -0.39 is 118 Å². The second-order valence-corrected chi connectivity index (χ2v) is 19.7. The SMILES string of the molecule is C.C.C.C.C.C.C.C.C.CC(=O)O.COC(=O)c1ccc(O)c(I)c1.COC(=O)c1ccc(O)cc1.ClI.O=C(Oc1c(F)c(F)c(F)c(F)c1F)C(F)(F)F.[C-]#N.[C-]#N.[C-]#[N+]c1cc(C(=O)OC)ccc1O.[C-]#[N+]c1cc(C(=O)OC)ccc1OC(C)C.[C-]#[N+]c1cc(C(=O)Oc2c(F)c(F)c(F)c(F)c2F)ccc1OC(C)C.[Cu+].[Na+]. The molecule has 0 saturated carbocycles. The molecule has 0 aliphatic rings. The van der Waals surface area contributed by atoms with Crippen LogP contribution in [0, 0.1) is 105 Å². The van der Waals surface area contributed by atoms with Gasteiger partial charge < -0.3 is 82.0 Å². The molecule has 0 radical (unpaired) electrons. The Morgan fingerprint density at radius 1 is 0.419 bits per heavy atom. The van der Waals surface area contributed by atoms with Crippen molar-refractivity contribution < 1.29 is 196 Å². The van der Waals surface area contributed by atoms with Crippen LogP contribution < -0.4 is 48.5 Å². The van der Waals surface area contributed by atoms with E-state index in [0.717, 1.165) is 19.1 Å². The zero-order chi connectivity index (χ0) is 82.8. The van der Waals surface area contributed by atoms with Crippen LogP contribution in [0.25, 0.3) is 14.5 Å². The number of halogens is 16. The van der Waals surface area contributed by atoms with Crippen LogP contribution in [0.3, 0.4) is 0 Å². The third-order valence-corrected chi connectivity index (χ3v) is 11.5. The summed E-state index contributed by atoms with van der Waals surface area (Å²) < 4.78 is 201. The van der Waals surface area contributed by atoms with Crippen LogP contribution in [0.1, 0.15) is 153 Å². The summed E-state index contributed by atoms with van der Waals surface area (Å²) in [4.78, 5) is 84.7. The number of rotatable bonds is 11. The minimum absolute atomic E-state index is 0. The van der Waals surface area contributed by atoms with Gasteiger partial charge in [-0.1, -0.05) is 66.8 Å². The summed E-state index contributed by atoms with van der Waals surface area (Å²) in [7, 11) is 9.81. The number of ether oxygens (including phenoxy) is 8. The predicted molar refractivity (Wildman–Crippen MR) is 418 cm³/mol. The quantitative estimate of drug-likeness (QED) is 0.0108. The minimum Gasteiger partial charge on any atom is -0.519 e. The molecule has 648 valence electrons. The second kappa shape index (κ2) is 71.0. The van der Waals surface area contributed by atoms with E-state index in [9.17, 15) is 85.8 Å². The molecular weight excluding hydrogens is 1900 g/mol. The number of phenols is 3. The van der Waals surface area contributed by atoms with E-state index in [2.05, 4.69) is 51.9 Å². The Hall–Kier alpha value is -10.4. The zero-order valence-corrected chi connectivity index (χ0v) is 64.4. The molecule has 0 atom stereocenters. The van der Waals surface area contributed by atoms with Gasteiger partial charge in [0.15, 0.2) is 0 Å². The van der Waals surface area contributed by atoms with Gasteiger partial charge in [-0.3, -0.25) is 4.79 Å². The maximum absolute atomic E-state index is 13.6. The van der Waals surface area contributed by atoms with Gasteiger partial charge in [0.05, 0.1) is 75.1 Å². The van der Waals surface area contributed by atoms with E-state index in [4.69, 9.17) is 78.1 Å². The first-order valence-electron chi connectivity index (χ1n) is 27.1. The molecule has 4 N–H and O–H groups in total. The number of alkyl halides is 3. The summed E-state index contributed by atoms with van der Waals surface area (Å²) in [6.07, 6.45) is -5.92. The van der Waals surface area contributed by atoms with E-state index in [1.165, 1.54) is 95.2 Å². The van der Waals surface area contributed by atoms with Crippen molar-refractivity contribution in [3.8, 4) is 40.2 Å². The maximum Gasteiger partial charge on any atom is 1.00 e. The zero-order valence-electron chi connectivity index (χ0n) is 56.4. The van der Waals surface area contributed by atoms with Crippen molar-refractivity contribution >= 4 is 112 Å². The fraction of sp³-hybridized carbons (Fsp3) is 0.280. The average molecular weight is 1980 g/mol. The molecule has 7 aromatic carbocycles. The summed E-state index contributed by atoms with van der Waals surface area (Å²) in [6, 6.07) is 22.5. The van der Waals surface area contributed by atoms with Crippen molar-refractivity contribution in [1.29, 1.82) is 10.5 Å². The van der Waals surface area contributed by atoms with Crippen LogP contribution in [-0.4, -0.2) is 109 Å². The molecule has 0 aliphatic carbocycles. The fourth-order valence-corrected chi connectivity index (χ4v) is 6.78. The molecule has 117 heavy (non-hydrogen) atoms. The molecule has 0 amide bonds. The van der Waals surface area contributed by atoms with E-state index in [-0.39, 0.29) is 171 Å². The molecule has 7 aromatic rings. The van der Waals surface area contributed by atoms with Gasteiger partial charge in [-0.25, -0.2) is 69.6 Å². The number of carbonyl (C=O) groups excluding carboxylic acids is 6. The number of carboxylic acid groups (broad SMARTS) is 1.